The summed E-state index contributed by atoms with van der Waals surface area (Å²) >= 11 is 5.99. The van der Waals surface area contributed by atoms with Crippen LogP contribution in [0, 0.1) is 0 Å². The number of hydrogen-bond donors (Lipinski definition) is 1. The highest BCUT2D eigenvalue weighted by Gasteiger charge is 2.15. The number of carbonyl (C=O) groups is 1. The third kappa shape index (κ3) is 3.75. The Morgan fingerprint density at radius 3 is 2.64 bits per heavy atom. The zero-order valence-electron chi connectivity index (χ0n) is 13.4. The number of halogens is 1. The van der Waals surface area contributed by atoms with Gasteiger partial charge in [-0.3, -0.25) is 14.6 Å². The van der Waals surface area contributed by atoms with E-state index in [2.05, 4.69) is 10.1 Å². The van der Waals surface area contributed by atoms with E-state index < -0.39 is 5.91 Å². The topological polar surface area (TPSA) is 90.9 Å². The fourth-order valence-electron chi connectivity index (χ4n) is 2.49. The predicted molar refractivity (Wildman–Crippen MR) is 95.5 cm³/mol. The molecule has 126 valence electrons. The quantitative estimate of drug-likeness (QED) is 0.777. The molecule has 0 radical (unpaired) electrons. The molecule has 0 unspecified atom stereocenters. The monoisotopic (exact) mass is 354 g/mol. The van der Waals surface area contributed by atoms with Crippen LogP contribution in [0.25, 0.3) is 11.3 Å². The fraction of sp³-hybridized carbons (Fsp3) is 0.111. The van der Waals surface area contributed by atoms with Gasteiger partial charge < -0.3 is 5.73 Å². The van der Waals surface area contributed by atoms with E-state index in [1.165, 1.54) is 13.1 Å². The number of hydrogen-bond acceptors (Lipinski definition) is 4. The van der Waals surface area contributed by atoms with Crippen LogP contribution in [0.2, 0.25) is 5.02 Å². The van der Waals surface area contributed by atoms with E-state index in [1.54, 1.807) is 12.3 Å². The highest BCUT2D eigenvalue weighted by atomic mass is 35.5. The van der Waals surface area contributed by atoms with Crippen molar-refractivity contribution >= 4 is 17.5 Å². The molecule has 0 aliphatic heterocycles. The number of carbonyl (C=O) groups excluding carboxylic acids is 1. The van der Waals surface area contributed by atoms with Gasteiger partial charge in [0.2, 0.25) is 0 Å². The minimum absolute atomic E-state index is 0.0113. The molecule has 0 spiro atoms. The normalized spacial score (nSPS) is 10.6. The summed E-state index contributed by atoms with van der Waals surface area (Å²) in [5.74, 6) is -0.713. The third-order valence-corrected chi connectivity index (χ3v) is 3.96. The Morgan fingerprint density at radius 1 is 1.20 bits per heavy atom. The van der Waals surface area contributed by atoms with Gasteiger partial charge in [-0.25, -0.2) is 4.68 Å². The number of nitrogens with two attached hydrogens (primary N) is 1. The SMILES string of the molecule is Cn1nc(C(N)=O)c(-c2ccc(Cc3cccc(Cl)c3)cn2)cc1=O. The second kappa shape index (κ2) is 6.86. The van der Waals surface area contributed by atoms with Crippen LogP contribution in [0.3, 0.4) is 0 Å². The number of aryl methyl sites for hydroxylation is 1. The van der Waals surface area contributed by atoms with Crippen molar-refractivity contribution < 1.29 is 4.79 Å². The van der Waals surface area contributed by atoms with Crippen LogP contribution in [-0.4, -0.2) is 20.7 Å². The van der Waals surface area contributed by atoms with Gasteiger partial charge in [0.1, 0.15) is 0 Å². The minimum Gasteiger partial charge on any atom is -0.364 e. The van der Waals surface area contributed by atoms with Crippen LogP contribution in [-0.2, 0) is 13.5 Å². The molecule has 1 aromatic carbocycles. The highest BCUT2D eigenvalue weighted by Crippen LogP contribution is 2.20. The molecule has 0 bridgehead atoms. The molecular formula is C18H15ClN4O2. The molecule has 25 heavy (non-hydrogen) atoms. The lowest BCUT2D eigenvalue weighted by atomic mass is 10.0. The van der Waals surface area contributed by atoms with E-state index in [0.717, 1.165) is 15.8 Å². The molecule has 0 aliphatic carbocycles. The maximum absolute atomic E-state index is 11.8. The van der Waals surface area contributed by atoms with Gasteiger partial charge >= 0.3 is 0 Å². The smallest absolute Gasteiger partial charge is 0.269 e. The maximum Gasteiger partial charge on any atom is 0.269 e. The first-order valence-corrected chi connectivity index (χ1v) is 7.90. The van der Waals surface area contributed by atoms with E-state index in [1.807, 2.05) is 30.3 Å². The molecule has 3 aromatic rings. The lowest BCUT2D eigenvalue weighted by molar-refractivity contribution is 0.0994. The van der Waals surface area contributed by atoms with Crippen molar-refractivity contribution in [1.82, 2.24) is 14.8 Å². The third-order valence-electron chi connectivity index (χ3n) is 3.72. The summed E-state index contributed by atoms with van der Waals surface area (Å²) in [5, 5.41) is 4.60. The van der Waals surface area contributed by atoms with Gasteiger partial charge in [-0.2, -0.15) is 5.10 Å². The van der Waals surface area contributed by atoms with Crippen LogP contribution in [0.15, 0.2) is 53.5 Å². The Bertz CT molecular complexity index is 997. The van der Waals surface area contributed by atoms with Gasteiger partial charge in [-0.15, -0.1) is 0 Å². The number of aromatic nitrogens is 3. The summed E-state index contributed by atoms with van der Waals surface area (Å²) < 4.78 is 1.07. The Balaban J connectivity index is 1.94. The molecule has 2 aromatic heterocycles. The first-order chi connectivity index (χ1) is 11.9. The van der Waals surface area contributed by atoms with Gasteiger partial charge in [0, 0.05) is 29.9 Å². The van der Waals surface area contributed by atoms with Crippen LogP contribution in [0.5, 0.6) is 0 Å². The second-order valence-electron chi connectivity index (χ2n) is 5.59. The van der Waals surface area contributed by atoms with Gasteiger partial charge in [0.05, 0.1) is 5.69 Å². The van der Waals surface area contributed by atoms with E-state index in [0.29, 0.717) is 22.7 Å². The summed E-state index contributed by atoms with van der Waals surface area (Å²) in [6, 6.07) is 12.5. The molecule has 2 N–H and O–H groups in total. The second-order valence-corrected chi connectivity index (χ2v) is 6.03. The summed E-state index contributed by atoms with van der Waals surface area (Å²) in [4.78, 5) is 27.8. The average molecular weight is 355 g/mol. The zero-order chi connectivity index (χ0) is 18.0. The first-order valence-electron chi connectivity index (χ1n) is 7.52. The number of pyridine rings is 1. The molecular weight excluding hydrogens is 340 g/mol. The molecule has 7 heteroatoms. The molecule has 1 amide bonds. The predicted octanol–water partition coefficient (Wildman–Crippen LogP) is 2.19. The lowest BCUT2D eigenvalue weighted by Gasteiger charge is -2.08. The standard InChI is InChI=1S/C18H15ClN4O2/c1-23-16(24)9-14(17(22-23)18(20)25)15-6-5-12(10-21-15)7-11-3-2-4-13(19)8-11/h2-6,8-10H,7H2,1H3,(H2,20,25). The van der Waals surface area contributed by atoms with Crippen LogP contribution >= 0.6 is 11.6 Å². The average Bonchev–Trinajstić information content (AvgIpc) is 2.57. The van der Waals surface area contributed by atoms with E-state index in [-0.39, 0.29) is 11.3 Å². The first kappa shape index (κ1) is 16.9. The van der Waals surface area contributed by atoms with E-state index in [9.17, 15) is 9.59 Å². The Kier molecular flexibility index (Phi) is 4.63. The molecule has 0 atom stereocenters. The van der Waals surface area contributed by atoms with Crippen molar-refractivity contribution in [2.45, 2.75) is 6.42 Å². The molecule has 6 nitrogen and oxygen atoms in total. The van der Waals surface area contributed by atoms with Crippen LogP contribution in [0.4, 0.5) is 0 Å². The Hall–Kier alpha value is -2.99. The largest absolute Gasteiger partial charge is 0.364 e. The van der Waals surface area contributed by atoms with Crippen molar-refractivity contribution in [1.29, 1.82) is 0 Å². The summed E-state index contributed by atoms with van der Waals surface area (Å²) in [5.41, 5.74) is 7.86. The van der Waals surface area contributed by atoms with Crippen molar-refractivity contribution in [2.24, 2.45) is 12.8 Å². The van der Waals surface area contributed by atoms with Crippen molar-refractivity contribution in [3.8, 4) is 11.3 Å². The number of amides is 1. The summed E-state index contributed by atoms with van der Waals surface area (Å²) in [7, 11) is 1.46. The highest BCUT2D eigenvalue weighted by molar-refractivity contribution is 6.30. The van der Waals surface area contributed by atoms with E-state index >= 15 is 0 Å². The number of primary amides is 1. The summed E-state index contributed by atoms with van der Waals surface area (Å²) in [6.45, 7) is 0. The molecule has 0 aliphatic rings. The number of benzene rings is 1. The minimum atomic E-state index is -0.713. The molecule has 0 fully saturated rings. The zero-order valence-corrected chi connectivity index (χ0v) is 14.2. The fourth-order valence-corrected chi connectivity index (χ4v) is 2.70. The lowest BCUT2D eigenvalue weighted by Crippen LogP contribution is -2.25. The van der Waals surface area contributed by atoms with Crippen molar-refractivity contribution in [3.63, 3.8) is 0 Å². The number of nitrogens with zero attached hydrogens (tertiary/aromatic N) is 3. The van der Waals surface area contributed by atoms with Crippen LogP contribution < -0.4 is 11.3 Å². The molecule has 0 saturated heterocycles. The van der Waals surface area contributed by atoms with Crippen LogP contribution in [0.1, 0.15) is 21.6 Å². The van der Waals surface area contributed by atoms with Gasteiger partial charge in [-0.1, -0.05) is 29.8 Å². The Labute approximate surface area is 148 Å². The van der Waals surface area contributed by atoms with Gasteiger partial charge in [-0.05, 0) is 35.7 Å². The van der Waals surface area contributed by atoms with Gasteiger partial charge in [0.15, 0.2) is 5.69 Å². The molecule has 3 rings (SSSR count). The maximum atomic E-state index is 11.8. The Morgan fingerprint density at radius 2 is 2.00 bits per heavy atom. The van der Waals surface area contributed by atoms with Gasteiger partial charge in [0.25, 0.3) is 11.5 Å². The summed E-state index contributed by atoms with van der Waals surface area (Å²) in [6.07, 6.45) is 2.36. The molecule has 0 saturated carbocycles. The van der Waals surface area contributed by atoms with Crippen molar-refractivity contribution in [3.05, 3.63) is 80.9 Å². The molecule has 2 heterocycles. The number of rotatable bonds is 4. The van der Waals surface area contributed by atoms with Crippen molar-refractivity contribution in [2.75, 3.05) is 0 Å². The van der Waals surface area contributed by atoms with E-state index in [4.69, 9.17) is 17.3 Å².